The van der Waals surface area contributed by atoms with Gasteiger partial charge in [0.05, 0.1) is 30.9 Å². The van der Waals surface area contributed by atoms with Crippen molar-refractivity contribution in [2.24, 2.45) is 0 Å². The van der Waals surface area contributed by atoms with Gasteiger partial charge in [-0.1, -0.05) is 6.07 Å². The summed E-state index contributed by atoms with van der Waals surface area (Å²) in [5.74, 6) is 1.28. The van der Waals surface area contributed by atoms with Crippen LogP contribution in [0.15, 0.2) is 79.1 Å². The van der Waals surface area contributed by atoms with Crippen LogP contribution < -0.4 is 9.47 Å². The third-order valence-electron chi connectivity index (χ3n) is 5.32. The Kier molecular flexibility index (Phi) is 4.59. The Morgan fingerprint density at radius 1 is 0.774 bits per heavy atom. The van der Waals surface area contributed by atoms with E-state index in [1.165, 1.54) is 0 Å². The second-order valence-electron chi connectivity index (χ2n) is 7.02. The highest BCUT2D eigenvalue weighted by Crippen LogP contribution is 2.36. The first kappa shape index (κ1) is 18.8. The number of hydrogen-bond donors (Lipinski definition) is 0. The standard InChI is InChI=1S/C25H19N3O3/c1-30-16-8-10-21-18(14-16)19-15-17(31-2)9-11-22(19)28(21)23-7-5-13-27-24(23)25(29)20-6-3-4-12-26-20/h3-15H,1-2H3. The second-order valence-corrected chi connectivity index (χ2v) is 7.02. The number of carbonyl (C=O) groups excluding carboxylic acids is 1. The summed E-state index contributed by atoms with van der Waals surface area (Å²) in [5, 5.41) is 1.99. The lowest BCUT2D eigenvalue weighted by Gasteiger charge is -2.12. The molecule has 0 spiro atoms. The molecule has 2 aromatic carbocycles. The molecule has 152 valence electrons. The summed E-state index contributed by atoms with van der Waals surface area (Å²) >= 11 is 0. The van der Waals surface area contributed by atoms with Gasteiger partial charge in [0.1, 0.15) is 22.9 Å². The maximum atomic E-state index is 13.3. The van der Waals surface area contributed by atoms with E-state index in [9.17, 15) is 4.79 Å². The number of nitrogens with zero attached hydrogens (tertiary/aromatic N) is 3. The highest BCUT2D eigenvalue weighted by Gasteiger charge is 2.21. The van der Waals surface area contributed by atoms with Crippen molar-refractivity contribution < 1.29 is 14.3 Å². The zero-order chi connectivity index (χ0) is 21.4. The summed E-state index contributed by atoms with van der Waals surface area (Å²) in [4.78, 5) is 21.9. The van der Waals surface area contributed by atoms with Crippen LogP contribution in [0.1, 0.15) is 16.2 Å². The van der Waals surface area contributed by atoms with Gasteiger partial charge in [-0.3, -0.25) is 14.8 Å². The fourth-order valence-corrected chi connectivity index (χ4v) is 3.87. The monoisotopic (exact) mass is 409 g/mol. The maximum absolute atomic E-state index is 13.3. The molecule has 0 atom stereocenters. The number of ether oxygens (including phenoxy) is 2. The van der Waals surface area contributed by atoms with Crippen molar-refractivity contribution in [3.05, 3.63) is 90.5 Å². The topological polar surface area (TPSA) is 66.2 Å². The Bertz CT molecular complexity index is 1360. The van der Waals surface area contributed by atoms with Crippen molar-refractivity contribution in [1.29, 1.82) is 0 Å². The molecule has 0 saturated carbocycles. The van der Waals surface area contributed by atoms with E-state index in [0.717, 1.165) is 33.3 Å². The number of rotatable bonds is 5. The second kappa shape index (κ2) is 7.57. The lowest BCUT2D eigenvalue weighted by Crippen LogP contribution is -2.11. The van der Waals surface area contributed by atoms with Crippen LogP contribution in [-0.2, 0) is 0 Å². The van der Waals surface area contributed by atoms with Gasteiger partial charge in [-0.2, -0.15) is 0 Å². The third kappa shape index (κ3) is 3.09. The van der Waals surface area contributed by atoms with Crippen LogP contribution in [0.4, 0.5) is 0 Å². The minimum absolute atomic E-state index is 0.228. The highest BCUT2D eigenvalue weighted by atomic mass is 16.5. The average molecular weight is 409 g/mol. The van der Waals surface area contributed by atoms with Crippen LogP contribution in [-0.4, -0.2) is 34.5 Å². The lowest BCUT2D eigenvalue weighted by molar-refractivity contribution is 0.103. The number of pyridine rings is 2. The van der Waals surface area contributed by atoms with E-state index in [2.05, 4.69) is 9.97 Å². The molecule has 0 aliphatic rings. The Hall–Kier alpha value is -4.19. The van der Waals surface area contributed by atoms with Crippen molar-refractivity contribution in [1.82, 2.24) is 14.5 Å². The van der Waals surface area contributed by atoms with Gasteiger partial charge in [-0.25, -0.2) is 0 Å². The molecule has 0 N–H and O–H groups in total. The predicted octanol–water partition coefficient (Wildman–Crippen LogP) is 4.82. The number of benzene rings is 2. The first-order chi connectivity index (χ1) is 15.2. The van der Waals surface area contributed by atoms with Gasteiger partial charge in [0.15, 0.2) is 0 Å². The minimum atomic E-state index is -0.228. The average Bonchev–Trinajstić information content (AvgIpc) is 3.16. The van der Waals surface area contributed by atoms with Gasteiger partial charge in [0, 0.05) is 23.2 Å². The number of ketones is 1. The zero-order valence-corrected chi connectivity index (χ0v) is 17.1. The maximum Gasteiger partial charge on any atom is 0.231 e. The van der Waals surface area contributed by atoms with E-state index in [1.807, 2.05) is 53.1 Å². The van der Waals surface area contributed by atoms with Gasteiger partial charge >= 0.3 is 0 Å². The zero-order valence-electron chi connectivity index (χ0n) is 17.1. The summed E-state index contributed by atoms with van der Waals surface area (Å²) in [5.41, 5.74) is 3.26. The third-order valence-corrected chi connectivity index (χ3v) is 5.32. The summed E-state index contributed by atoms with van der Waals surface area (Å²) < 4.78 is 12.9. The van der Waals surface area contributed by atoms with Crippen LogP contribution in [0, 0.1) is 0 Å². The number of carbonyl (C=O) groups is 1. The molecule has 0 aliphatic heterocycles. The highest BCUT2D eigenvalue weighted by molar-refractivity contribution is 6.13. The summed E-state index contributed by atoms with van der Waals surface area (Å²) in [6, 6.07) is 20.8. The van der Waals surface area contributed by atoms with E-state index in [4.69, 9.17) is 9.47 Å². The molecule has 5 rings (SSSR count). The largest absolute Gasteiger partial charge is 0.497 e. The van der Waals surface area contributed by atoms with Crippen LogP contribution in [0.25, 0.3) is 27.5 Å². The van der Waals surface area contributed by atoms with Crippen molar-refractivity contribution in [3.63, 3.8) is 0 Å². The van der Waals surface area contributed by atoms with E-state index >= 15 is 0 Å². The molecule has 0 saturated heterocycles. The molecule has 3 heterocycles. The SMILES string of the molecule is COc1ccc2c(c1)c1cc(OC)ccc1n2-c1cccnc1C(=O)c1ccccn1. The summed E-state index contributed by atoms with van der Waals surface area (Å²) in [6.45, 7) is 0. The number of fused-ring (bicyclic) bond motifs is 3. The molecule has 0 bridgehead atoms. The molecule has 3 aromatic heterocycles. The van der Waals surface area contributed by atoms with Crippen LogP contribution in [0.5, 0.6) is 11.5 Å². The predicted molar refractivity (Wildman–Crippen MR) is 119 cm³/mol. The molecule has 0 fully saturated rings. The Balaban J connectivity index is 1.83. The summed E-state index contributed by atoms with van der Waals surface area (Å²) in [6.07, 6.45) is 3.23. The number of hydrogen-bond acceptors (Lipinski definition) is 5. The summed E-state index contributed by atoms with van der Waals surface area (Å²) in [7, 11) is 3.29. The fraction of sp³-hybridized carbons (Fsp3) is 0.0800. The van der Waals surface area contributed by atoms with Gasteiger partial charge < -0.3 is 14.0 Å². The lowest BCUT2D eigenvalue weighted by atomic mass is 10.1. The van der Waals surface area contributed by atoms with Crippen LogP contribution in [0.3, 0.4) is 0 Å². The smallest absolute Gasteiger partial charge is 0.231 e. The van der Waals surface area contributed by atoms with Gasteiger partial charge in [0.2, 0.25) is 5.78 Å². The van der Waals surface area contributed by atoms with E-state index in [-0.39, 0.29) is 5.78 Å². The van der Waals surface area contributed by atoms with Crippen molar-refractivity contribution in [2.45, 2.75) is 0 Å². The molecule has 0 unspecified atom stereocenters. The fourth-order valence-electron chi connectivity index (χ4n) is 3.87. The molecule has 31 heavy (non-hydrogen) atoms. The van der Waals surface area contributed by atoms with Crippen molar-refractivity contribution in [2.75, 3.05) is 14.2 Å². The molecular formula is C25H19N3O3. The molecule has 0 radical (unpaired) electrons. The molecular weight excluding hydrogens is 390 g/mol. The quantitative estimate of drug-likeness (QED) is 0.389. The number of aromatic nitrogens is 3. The normalized spacial score (nSPS) is 11.0. The van der Waals surface area contributed by atoms with Crippen molar-refractivity contribution >= 4 is 27.6 Å². The molecule has 0 amide bonds. The molecule has 6 heteroatoms. The van der Waals surface area contributed by atoms with Crippen LogP contribution >= 0.6 is 0 Å². The van der Waals surface area contributed by atoms with Crippen molar-refractivity contribution in [3.8, 4) is 17.2 Å². The molecule has 0 aliphatic carbocycles. The minimum Gasteiger partial charge on any atom is -0.497 e. The van der Waals surface area contributed by atoms with Crippen LogP contribution in [0.2, 0.25) is 0 Å². The number of methoxy groups -OCH3 is 2. The Morgan fingerprint density at radius 2 is 1.42 bits per heavy atom. The van der Waals surface area contributed by atoms with E-state index in [1.54, 1.807) is 44.8 Å². The van der Waals surface area contributed by atoms with E-state index < -0.39 is 0 Å². The van der Waals surface area contributed by atoms with E-state index in [0.29, 0.717) is 17.1 Å². The molecule has 5 aromatic rings. The molecule has 6 nitrogen and oxygen atoms in total. The van der Waals surface area contributed by atoms with Gasteiger partial charge in [0.25, 0.3) is 0 Å². The van der Waals surface area contributed by atoms with Gasteiger partial charge in [-0.05, 0) is 60.7 Å². The first-order valence-corrected chi connectivity index (χ1v) is 9.78. The van der Waals surface area contributed by atoms with Gasteiger partial charge in [-0.15, -0.1) is 0 Å². The first-order valence-electron chi connectivity index (χ1n) is 9.78. The Labute approximate surface area is 178 Å². The Morgan fingerprint density at radius 3 is 2.00 bits per heavy atom.